The number of benzene rings is 2. The molecule has 0 aliphatic heterocycles. The lowest BCUT2D eigenvalue weighted by Crippen LogP contribution is -2.34. The molecular weight excluding hydrogens is 384 g/mol. The van der Waals surface area contributed by atoms with Crippen LogP contribution in [0.5, 0.6) is 0 Å². The van der Waals surface area contributed by atoms with Crippen LogP contribution in [0.1, 0.15) is 5.56 Å². The number of halogens is 1. The Morgan fingerprint density at radius 2 is 1.80 bits per heavy atom. The monoisotopic (exact) mass is 398 g/mol. The van der Waals surface area contributed by atoms with Gasteiger partial charge in [0.15, 0.2) is 6.61 Å². The van der Waals surface area contributed by atoms with E-state index in [1.54, 1.807) is 30.3 Å². The number of nitriles is 1. The first kappa shape index (κ1) is 18.4. The van der Waals surface area contributed by atoms with Gasteiger partial charge >= 0.3 is 5.97 Å². The molecule has 2 aromatic rings. The smallest absolute Gasteiger partial charge is 0.331 e. The average Bonchev–Trinajstić information content (AvgIpc) is 2.64. The zero-order chi connectivity index (χ0) is 18.1. The second-order valence-corrected chi connectivity index (χ2v) is 5.88. The van der Waals surface area contributed by atoms with Gasteiger partial charge in [0.1, 0.15) is 6.54 Å². The molecule has 0 heterocycles. The van der Waals surface area contributed by atoms with E-state index in [0.717, 1.165) is 10.0 Å². The maximum atomic E-state index is 12.2. The predicted octanol–water partition coefficient (Wildman–Crippen LogP) is 3.56. The molecule has 2 aromatic carbocycles. The largest absolute Gasteiger partial charge is 0.452 e. The van der Waals surface area contributed by atoms with E-state index < -0.39 is 18.5 Å². The Morgan fingerprint density at radius 3 is 2.44 bits per heavy atom. The van der Waals surface area contributed by atoms with Crippen LogP contribution in [0.3, 0.4) is 0 Å². The van der Waals surface area contributed by atoms with E-state index in [9.17, 15) is 9.59 Å². The van der Waals surface area contributed by atoms with E-state index in [4.69, 9.17) is 10.00 Å². The molecule has 0 saturated heterocycles. The van der Waals surface area contributed by atoms with Crippen LogP contribution in [0.25, 0.3) is 6.08 Å². The molecule has 25 heavy (non-hydrogen) atoms. The third kappa shape index (κ3) is 5.90. The number of amides is 1. The highest BCUT2D eigenvalue weighted by atomic mass is 79.9. The third-order valence-corrected chi connectivity index (χ3v) is 3.75. The van der Waals surface area contributed by atoms with Crippen LogP contribution >= 0.6 is 15.9 Å². The van der Waals surface area contributed by atoms with Gasteiger partial charge in [0, 0.05) is 16.2 Å². The minimum atomic E-state index is -0.624. The maximum absolute atomic E-state index is 12.2. The van der Waals surface area contributed by atoms with Crippen LogP contribution in [-0.2, 0) is 14.3 Å². The lowest BCUT2D eigenvalue weighted by Gasteiger charge is -2.19. The van der Waals surface area contributed by atoms with Crippen LogP contribution < -0.4 is 4.90 Å². The van der Waals surface area contributed by atoms with Gasteiger partial charge in [-0.05, 0) is 35.9 Å². The number of ether oxygens (including phenoxy) is 1. The third-order valence-electron chi connectivity index (χ3n) is 3.22. The molecule has 6 heteroatoms. The summed E-state index contributed by atoms with van der Waals surface area (Å²) in [4.78, 5) is 25.2. The topological polar surface area (TPSA) is 70.4 Å². The van der Waals surface area contributed by atoms with Crippen molar-refractivity contribution in [3.8, 4) is 6.07 Å². The summed E-state index contributed by atoms with van der Waals surface area (Å²) in [6, 6.07) is 18.1. The van der Waals surface area contributed by atoms with Crippen LogP contribution in [0.15, 0.2) is 65.1 Å². The molecule has 5 nitrogen and oxygen atoms in total. The van der Waals surface area contributed by atoms with E-state index in [2.05, 4.69) is 15.9 Å². The molecule has 0 atom stereocenters. The summed E-state index contributed by atoms with van der Waals surface area (Å²) in [5, 5.41) is 8.89. The minimum absolute atomic E-state index is 0.116. The van der Waals surface area contributed by atoms with Crippen molar-refractivity contribution in [2.75, 3.05) is 18.1 Å². The molecule has 0 radical (unpaired) electrons. The standard InChI is InChI=1S/C19H15BrN2O3/c20-16-9-6-15(7-10-16)8-11-19(24)25-14-18(23)22(13-12-21)17-4-2-1-3-5-17/h1-11H,13-14H2/b11-8+. The molecule has 0 unspecified atom stereocenters. The molecule has 0 saturated carbocycles. The molecule has 1 amide bonds. The van der Waals surface area contributed by atoms with Crippen LogP contribution in [0.4, 0.5) is 5.69 Å². The number of para-hydroxylation sites is 1. The molecule has 0 aromatic heterocycles. The number of hydrogen-bond donors (Lipinski definition) is 0. The van der Waals surface area contributed by atoms with Crippen LogP contribution in [0.2, 0.25) is 0 Å². The zero-order valence-electron chi connectivity index (χ0n) is 13.3. The second-order valence-electron chi connectivity index (χ2n) is 4.97. The maximum Gasteiger partial charge on any atom is 0.331 e. The van der Waals surface area contributed by atoms with Gasteiger partial charge in [-0.3, -0.25) is 9.69 Å². The SMILES string of the molecule is N#CCN(C(=O)COC(=O)/C=C/c1ccc(Br)cc1)c1ccccc1. The fourth-order valence-corrected chi connectivity index (χ4v) is 2.26. The van der Waals surface area contributed by atoms with Crippen molar-refractivity contribution < 1.29 is 14.3 Å². The fraction of sp³-hybridized carbons (Fsp3) is 0.105. The summed E-state index contributed by atoms with van der Waals surface area (Å²) in [5.74, 6) is -1.08. The van der Waals surface area contributed by atoms with Gasteiger partial charge in [-0.25, -0.2) is 4.79 Å². The number of anilines is 1. The lowest BCUT2D eigenvalue weighted by molar-refractivity contribution is -0.142. The first-order chi connectivity index (χ1) is 12.1. The van der Waals surface area contributed by atoms with E-state index >= 15 is 0 Å². The first-order valence-corrected chi connectivity index (χ1v) is 8.22. The Hall–Kier alpha value is -2.91. The van der Waals surface area contributed by atoms with Crippen molar-refractivity contribution in [1.29, 1.82) is 5.26 Å². The van der Waals surface area contributed by atoms with Gasteiger partial charge in [-0.1, -0.05) is 46.3 Å². The van der Waals surface area contributed by atoms with Crippen molar-refractivity contribution in [1.82, 2.24) is 0 Å². The second kappa shape index (κ2) is 9.40. The number of esters is 1. The first-order valence-electron chi connectivity index (χ1n) is 7.43. The molecule has 2 rings (SSSR count). The van der Waals surface area contributed by atoms with E-state index in [-0.39, 0.29) is 6.54 Å². The fourth-order valence-electron chi connectivity index (χ4n) is 2.00. The molecule has 0 N–H and O–H groups in total. The quantitative estimate of drug-likeness (QED) is 0.423. The number of nitrogens with zero attached hydrogens (tertiary/aromatic N) is 2. The number of carbonyl (C=O) groups excluding carboxylic acids is 2. The van der Waals surface area contributed by atoms with Gasteiger partial charge in [0.05, 0.1) is 6.07 Å². The summed E-state index contributed by atoms with van der Waals surface area (Å²) in [6.07, 6.45) is 2.86. The summed E-state index contributed by atoms with van der Waals surface area (Å²) >= 11 is 3.33. The highest BCUT2D eigenvalue weighted by Crippen LogP contribution is 2.13. The highest BCUT2D eigenvalue weighted by molar-refractivity contribution is 9.10. The zero-order valence-corrected chi connectivity index (χ0v) is 14.8. The van der Waals surface area contributed by atoms with E-state index in [1.165, 1.54) is 11.0 Å². The molecule has 0 aliphatic rings. The van der Waals surface area contributed by atoms with Gasteiger partial charge in [-0.2, -0.15) is 5.26 Å². The molecule has 0 aliphatic carbocycles. The Labute approximate surface area is 154 Å². The Bertz CT molecular complexity index is 796. The Kier molecular flexibility index (Phi) is 6.93. The summed E-state index contributed by atoms with van der Waals surface area (Å²) < 4.78 is 5.90. The van der Waals surface area contributed by atoms with Crippen LogP contribution in [-0.4, -0.2) is 25.0 Å². The number of hydrogen-bond acceptors (Lipinski definition) is 4. The predicted molar refractivity (Wildman–Crippen MR) is 98.5 cm³/mol. The van der Waals surface area contributed by atoms with Crippen LogP contribution in [0, 0.1) is 11.3 Å². The Morgan fingerprint density at radius 1 is 1.12 bits per heavy atom. The summed E-state index contributed by atoms with van der Waals surface area (Å²) in [5.41, 5.74) is 1.41. The highest BCUT2D eigenvalue weighted by Gasteiger charge is 2.16. The van der Waals surface area contributed by atoms with Crippen molar-refractivity contribution >= 4 is 39.6 Å². The number of rotatable bonds is 6. The van der Waals surface area contributed by atoms with Gasteiger partial charge in [0.25, 0.3) is 5.91 Å². The van der Waals surface area contributed by atoms with E-state index in [0.29, 0.717) is 5.69 Å². The van der Waals surface area contributed by atoms with Gasteiger partial charge < -0.3 is 4.74 Å². The molecule has 126 valence electrons. The molecular formula is C19H15BrN2O3. The molecule has 0 spiro atoms. The van der Waals surface area contributed by atoms with E-state index in [1.807, 2.05) is 36.4 Å². The van der Waals surface area contributed by atoms with Crippen molar-refractivity contribution in [2.24, 2.45) is 0 Å². The average molecular weight is 399 g/mol. The Balaban J connectivity index is 1.92. The minimum Gasteiger partial charge on any atom is -0.452 e. The van der Waals surface area contributed by atoms with Crippen molar-refractivity contribution in [3.05, 3.63) is 70.7 Å². The lowest BCUT2D eigenvalue weighted by atomic mass is 10.2. The van der Waals surface area contributed by atoms with Gasteiger partial charge in [0.2, 0.25) is 0 Å². The summed E-state index contributed by atoms with van der Waals surface area (Å²) in [6.45, 7) is -0.546. The summed E-state index contributed by atoms with van der Waals surface area (Å²) in [7, 11) is 0. The number of carbonyl (C=O) groups is 2. The van der Waals surface area contributed by atoms with Crippen molar-refractivity contribution in [2.45, 2.75) is 0 Å². The van der Waals surface area contributed by atoms with Crippen molar-refractivity contribution in [3.63, 3.8) is 0 Å². The normalized spacial score (nSPS) is 10.2. The van der Waals surface area contributed by atoms with Gasteiger partial charge in [-0.15, -0.1) is 0 Å². The molecule has 0 bridgehead atoms. The molecule has 0 fully saturated rings.